The number of carbonyl (C=O) groups excluding carboxylic acids is 3. The van der Waals surface area contributed by atoms with E-state index in [0.717, 1.165) is 0 Å². The molecule has 0 atom stereocenters. The van der Waals surface area contributed by atoms with Crippen LogP contribution >= 0.6 is 0 Å². The smallest absolute Gasteiger partial charge is 0.338 e. The van der Waals surface area contributed by atoms with E-state index >= 15 is 0 Å². The molecule has 7 nitrogen and oxygen atoms in total. The molecular weight excluding hydrogens is 298 g/mol. The maximum Gasteiger partial charge on any atom is 0.338 e. The standard InChI is InChI=1S/C16H15N3O4/c17-16(22)19-13-8-6-11(7-9-13)15(21)23-10-14(20)18-12-4-2-1-3-5-12/h1-9H,10H2,(H,18,20)(H3,17,19,22). The third kappa shape index (κ3) is 5.16. The van der Waals surface area contributed by atoms with Crippen LogP contribution in [0.25, 0.3) is 0 Å². The van der Waals surface area contributed by atoms with E-state index in [1.165, 1.54) is 24.3 Å². The highest BCUT2D eigenvalue weighted by atomic mass is 16.5. The normalized spacial score (nSPS) is 9.74. The first-order valence-corrected chi connectivity index (χ1v) is 6.73. The number of nitrogens with two attached hydrogens (primary N) is 1. The second-order valence-corrected chi connectivity index (χ2v) is 4.56. The number of para-hydroxylation sites is 1. The van der Waals surface area contributed by atoms with E-state index in [2.05, 4.69) is 10.6 Å². The van der Waals surface area contributed by atoms with Crippen molar-refractivity contribution in [1.82, 2.24) is 0 Å². The van der Waals surface area contributed by atoms with Crippen LogP contribution in [0.4, 0.5) is 16.2 Å². The molecule has 0 unspecified atom stereocenters. The quantitative estimate of drug-likeness (QED) is 0.733. The predicted molar refractivity (Wildman–Crippen MR) is 85.0 cm³/mol. The van der Waals surface area contributed by atoms with Crippen molar-refractivity contribution >= 4 is 29.3 Å². The van der Waals surface area contributed by atoms with Crippen LogP contribution in [0.5, 0.6) is 0 Å². The molecule has 0 aliphatic rings. The molecule has 0 saturated carbocycles. The number of anilines is 2. The Morgan fingerprint density at radius 1 is 0.870 bits per heavy atom. The first-order valence-electron chi connectivity index (χ1n) is 6.73. The van der Waals surface area contributed by atoms with E-state index in [-0.39, 0.29) is 5.56 Å². The summed E-state index contributed by atoms with van der Waals surface area (Å²) < 4.78 is 4.92. The third-order valence-electron chi connectivity index (χ3n) is 2.78. The van der Waals surface area contributed by atoms with E-state index in [9.17, 15) is 14.4 Å². The summed E-state index contributed by atoms with van der Waals surface area (Å²) >= 11 is 0. The summed E-state index contributed by atoms with van der Waals surface area (Å²) in [5, 5.41) is 4.97. The molecule has 0 aromatic heterocycles. The van der Waals surface area contributed by atoms with Crippen molar-refractivity contribution in [3.63, 3.8) is 0 Å². The summed E-state index contributed by atoms with van der Waals surface area (Å²) in [7, 11) is 0. The molecule has 0 spiro atoms. The van der Waals surface area contributed by atoms with Gasteiger partial charge in [-0.25, -0.2) is 9.59 Å². The molecule has 0 bridgehead atoms. The first-order chi connectivity index (χ1) is 11.0. The summed E-state index contributed by atoms with van der Waals surface area (Å²) in [5.41, 5.74) is 6.31. The van der Waals surface area contributed by atoms with Gasteiger partial charge in [-0.3, -0.25) is 4.79 Å². The minimum Gasteiger partial charge on any atom is -0.452 e. The van der Waals surface area contributed by atoms with Crippen molar-refractivity contribution in [1.29, 1.82) is 0 Å². The zero-order valence-corrected chi connectivity index (χ0v) is 12.1. The minimum atomic E-state index is -0.696. The molecule has 0 aliphatic carbocycles. The van der Waals surface area contributed by atoms with E-state index in [4.69, 9.17) is 10.5 Å². The molecule has 7 heteroatoms. The fourth-order valence-corrected chi connectivity index (χ4v) is 1.76. The maximum absolute atomic E-state index is 11.8. The maximum atomic E-state index is 11.8. The zero-order valence-electron chi connectivity index (χ0n) is 12.1. The molecule has 0 fully saturated rings. The van der Waals surface area contributed by atoms with E-state index in [1.807, 2.05) is 6.07 Å². The van der Waals surface area contributed by atoms with Gasteiger partial charge in [-0.15, -0.1) is 0 Å². The summed E-state index contributed by atoms with van der Waals surface area (Å²) in [6.45, 7) is -0.394. The lowest BCUT2D eigenvalue weighted by Crippen LogP contribution is -2.21. The Morgan fingerprint density at radius 3 is 2.09 bits per heavy atom. The van der Waals surface area contributed by atoms with Gasteiger partial charge in [0.15, 0.2) is 6.61 Å². The van der Waals surface area contributed by atoms with Crippen LogP contribution in [0.3, 0.4) is 0 Å². The van der Waals surface area contributed by atoms with Crippen LogP contribution in [-0.4, -0.2) is 24.5 Å². The van der Waals surface area contributed by atoms with Gasteiger partial charge in [-0.05, 0) is 36.4 Å². The average Bonchev–Trinajstić information content (AvgIpc) is 2.54. The molecule has 118 valence electrons. The Labute approximate surface area is 132 Å². The largest absolute Gasteiger partial charge is 0.452 e. The van der Waals surface area contributed by atoms with Gasteiger partial charge in [0.25, 0.3) is 5.91 Å². The van der Waals surface area contributed by atoms with Crippen LogP contribution in [0.15, 0.2) is 54.6 Å². The Kier molecular flexibility index (Phi) is 5.30. The van der Waals surface area contributed by atoms with Crippen molar-refractivity contribution < 1.29 is 19.1 Å². The average molecular weight is 313 g/mol. The van der Waals surface area contributed by atoms with Crippen molar-refractivity contribution in [2.75, 3.05) is 17.2 Å². The van der Waals surface area contributed by atoms with E-state index < -0.39 is 24.5 Å². The number of amides is 3. The van der Waals surface area contributed by atoms with Crippen LogP contribution in [-0.2, 0) is 9.53 Å². The SMILES string of the molecule is NC(=O)Nc1ccc(C(=O)OCC(=O)Nc2ccccc2)cc1. The van der Waals surface area contributed by atoms with Gasteiger partial charge in [0, 0.05) is 11.4 Å². The highest BCUT2D eigenvalue weighted by Crippen LogP contribution is 2.10. The van der Waals surface area contributed by atoms with Crippen LogP contribution < -0.4 is 16.4 Å². The van der Waals surface area contributed by atoms with Crippen LogP contribution in [0, 0.1) is 0 Å². The molecule has 2 rings (SSSR count). The lowest BCUT2D eigenvalue weighted by molar-refractivity contribution is -0.119. The van der Waals surface area contributed by atoms with E-state index in [0.29, 0.717) is 11.4 Å². The number of esters is 1. The monoisotopic (exact) mass is 313 g/mol. The number of carbonyl (C=O) groups is 3. The second-order valence-electron chi connectivity index (χ2n) is 4.56. The van der Waals surface area contributed by atoms with Crippen molar-refractivity contribution in [2.45, 2.75) is 0 Å². The molecule has 2 aromatic rings. The molecule has 0 heterocycles. The minimum absolute atomic E-state index is 0.257. The summed E-state index contributed by atoms with van der Waals surface area (Å²) in [6, 6.07) is 14.1. The lowest BCUT2D eigenvalue weighted by atomic mass is 10.2. The molecule has 3 amide bonds. The Hall–Kier alpha value is -3.35. The molecular formula is C16H15N3O4. The van der Waals surface area contributed by atoms with Gasteiger partial charge in [0.05, 0.1) is 5.56 Å². The Balaban J connectivity index is 1.84. The predicted octanol–water partition coefficient (Wildman–Crippen LogP) is 1.97. The van der Waals surface area contributed by atoms with Gasteiger partial charge < -0.3 is 21.1 Å². The number of rotatable bonds is 5. The first kappa shape index (κ1) is 16.0. The van der Waals surface area contributed by atoms with Gasteiger partial charge in [0.2, 0.25) is 0 Å². The third-order valence-corrected chi connectivity index (χ3v) is 2.78. The zero-order chi connectivity index (χ0) is 16.7. The topological polar surface area (TPSA) is 111 Å². The van der Waals surface area contributed by atoms with Crippen molar-refractivity contribution in [3.8, 4) is 0 Å². The summed E-state index contributed by atoms with van der Waals surface area (Å²) in [6.07, 6.45) is 0. The molecule has 2 aromatic carbocycles. The molecule has 4 N–H and O–H groups in total. The fraction of sp³-hybridized carbons (Fsp3) is 0.0625. The summed E-state index contributed by atoms with van der Waals surface area (Å²) in [4.78, 5) is 34.2. The van der Waals surface area contributed by atoms with Gasteiger partial charge in [-0.1, -0.05) is 18.2 Å². The second kappa shape index (κ2) is 7.60. The molecule has 0 aliphatic heterocycles. The van der Waals surface area contributed by atoms with Gasteiger partial charge >= 0.3 is 12.0 Å². The van der Waals surface area contributed by atoms with Crippen LogP contribution in [0.2, 0.25) is 0 Å². The van der Waals surface area contributed by atoms with Crippen molar-refractivity contribution in [3.05, 3.63) is 60.2 Å². The number of hydrogen-bond donors (Lipinski definition) is 3. The number of urea groups is 1. The number of nitrogens with one attached hydrogen (secondary N) is 2. The molecule has 23 heavy (non-hydrogen) atoms. The highest BCUT2D eigenvalue weighted by Gasteiger charge is 2.10. The van der Waals surface area contributed by atoms with Crippen LogP contribution in [0.1, 0.15) is 10.4 Å². The molecule has 0 saturated heterocycles. The summed E-state index contributed by atoms with van der Waals surface area (Å²) in [5.74, 6) is -1.07. The molecule has 0 radical (unpaired) electrons. The Bertz CT molecular complexity index is 699. The Morgan fingerprint density at radius 2 is 1.48 bits per heavy atom. The highest BCUT2D eigenvalue weighted by molar-refractivity contribution is 5.96. The van der Waals surface area contributed by atoms with Gasteiger partial charge in [0.1, 0.15) is 0 Å². The number of ether oxygens (including phenoxy) is 1. The lowest BCUT2D eigenvalue weighted by Gasteiger charge is -2.07. The van der Waals surface area contributed by atoms with Gasteiger partial charge in [-0.2, -0.15) is 0 Å². The number of primary amides is 1. The van der Waals surface area contributed by atoms with Crippen molar-refractivity contribution in [2.24, 2.45) is 5.73 Å². The fourth-order valence-electron chi connectivity index (χ4n) is 1.76. The van der Waals surface area contributed by atoms with E-state index in [1.54, 1.807) is 24.3 Å². The number of hydrogen-bond acceptors (Lipinski definition) is 4. The number of benzene rings is 2.